The van der Waals surface area contributed by atoms with Crippen molar-refractivity contribution in [2.75, 3.05) is 12.4 Å². The van der Waals surface area contributed by atoms with Crippen LogP contribution >= 0.6 is 11.6 Å². The molecule has 18 heavy (non-hydrogen) atoms. The molecule has 1 rings (SSSR count). The van der Waals surface area contributed by atoms with Gasteiger partial charge in [-0.3, -0.25) is 9.58 Å². The number of hydrogen-bond donors (Lipinski definition) is 0. The van der Waals surface area contributed by atoms with Crippen molar-refractivity contribution < 1.29 is 0 Å². The number of halogens is 1. The molecular weight excluding hydrogens is 246 g/mol. The summed E-state index contributed by atoms with van der Waals surface area (Å²) in [6.07, 6.45) is 2.05. The SMILES string of the molecule is CCc1cc(CN(CCCCl)C(C)C)n(CC)n1. The second kappa shape index (κ2) is 7.80. The molecule has 0 unspecified atom stereocenters. The zero-order valence-corrected chi connectivity index (χ0v) is 12.9. The summed E-state index contributed by atoms with van der Waals surface area (Å²) in [7, 11) is 0. The van der Waals surface area contributed by atoms with Crippen molar-refractivity contribution in [3.8, 4) is 0 Å². The molecule has 0 aliphatic heterocycles. The van der Waals surface area contributed by atoms with Crippen LogP contribution in [0.4, 0.5) is 0 Å². The molecule has 104 valence electrons. The largest absolute Gasteiger partial charge is 0.295 e. The van der Waals surface area contributed by atoms with Gasteiger partial charge >= 0.3 is 0 Å². The van der Waals surface area contributed by atoms with Crippen molar-refractivity contribution in [2.45, 2.75) is 59.7 Å². The molecule has 0 N–H and O–H groups in total. The number of rotatable bonds is 8. The van der Waals surface area contributed by atoms with Gasteiger partial charge in [-0.05, 0) is 46.2 Å². The molecular formula is C14H26ClN3. The average molecular weight is 272 g/mol. The third-order valence-corrected chi connectivity index (χ3v) is 3.52. The highest BCUT2D eigenvalue weighted by Gasteiger charge is 2.13. The molecule has 0 spiro atoms. The minimum absolute atomic E-state index is 0.540. The van der Waals surface area contributed by atoms with Crippen molar-refractivity contribution in [3.63, 3.8) is 0 Å². The number of hydrogen-bond acceptors (Lipinski definition) is 2. The molecule has 0 atom stereocenters. The molecule has 4 heteroatoms. The fourth-order valence-electron chi connectivity index (χ4n) is 2.08. The number of alkyl halides is 1. The van der Waals surface area contributed by atoms with Gasteiger partial charge in [-0.1, -0.05) is 6.92 Å². The quantitative estimate of drug-likeness (QED) is 0.677. The Morgan fingerprint density at radius 1 is 1.39 bits per heavy atom. The van der Waals surface area contributed by atoms with Crippen LogP contribution in [0.15, 0.2) is 6.07 Å². The predicted molar refractivity (Wildman–Crippen MR) is 78.2 cm³/mol. The summed E-state index contributed by atoms with van der Waals surface area (Å²) in [6, 6.07) is 2.78. The van der Waals surface area contributed by atoms with Crippen LogP contribution in [0.1, 0.15) is 45.5 Å². The van der Waals surface area contributed by atoms with Gasteiger partial charge in [-0.15, -0.1) is 11.6 Å². The highest BCUT2D eigenvalue weighted by Crippen LogP contribution is 2.12. The molecule has 3 nitrogen and oxygen atoms in total. The van der Waals surface area contributed by atoms with E-state index < -0.39 is 0 Å². The van der Waals surface area contributed by atoms with Crippen LogP contribution in [0, 0.1) is 0 Å². The van der Waals surface area contributed by atoms with Gasteiger partial charge < -0.3 is 0 Å². The molecule has 0 amide bonds. The third kappa shape index (κ3) is 4.29. The standard InChI is InChI=1S/C14H26ClN3/c1-5-13-10-14(18(6-2)16-13)11-17(12(3)4)9-7-8-15/h10,12H,5-9,11H2,1-4H3. The zero-order valence-electron chi connectivity index (χ0n) is 12.1. The molecule has 1 heterocycles. The van der Waals surface area contributed by atoms with E-state index in [9.17, 15) is 0 Å². The van der Waals surface area contributed by atoms with Gasteiger partial charge in [0, 0.05) is 25.0 Å². The first kappa shape index (κ1) is 15.5. The van der Waals surface area contributed by atoms with Crippen LogP contribution in [0.2, 0.25) is 0 Å². The lowest BCUT2D eigenvalue weighted by molar-refractivity contribution is 0.207. The highest BCUT2D eigenvalue weighted by atomic mass is 35.5. The maximum absolute atomic E-state index is 5.79. The van der Waals surface area contributed by atoms with Crippen LogP contribution in [0.5, 0.6) is 0 Å². The van der Waals surface area contributed by atoms with E-state index in [1.54, 1.807) is 0 Å². The smallest absolute Gasteiger partial charge is 0.0625 e. The maximum Gasteiger partial charge on any atom is 0.0625 e. The van der Waals surface area contributed by atoms with Crippen molar-refractivity contribution in [2.24, 2.45) is 0 Å². The predicted octanol–water partition coefficient (Wildman–Crippen LogP) is 3.30. The molecule has 0 bridgehead atoms. The van der Waals surface area contributed by atoms with Gasteiger partial charge in [0.05, 0.1) is 11.4 Å². The topological polar surface area (TPSA) is 21.1 Å². The van der Waals surface area contributed by atoms with Gasteiger partial charge in [-0.25, -0.2) is 0 Å². The molecule has 0 aliphatic rings. The van der Waals surface area contributed by atoms with E-state index in [4.69, 9.17) is 11.6 Å². The summed E-state index contributed by atoms with van der Waals surface area (Å²) in [5.41, 5.74) is 2.51. The van der Waals surface area contributed by atoms with E-state index in [0.717, 1.165) is 38.4 Å². The van der Waals surface area contributed by atoms with E-state index in [0.29, 0.717) is 6.04 Å². The van der Waals surface area contributed by atoms with Crippen molar-refractivity contribution in [1.29, 1.82) is 0 Å². The first-order valence-corrected chi connectivity index (χ1v) is 7.51. The Bertz CT molecular complexity index is 347. The summed E-state index contributed by atoms with van der Waals surface area (Å²) in [5, 5.41) is 4.60. The van der Waals surface area contributed by atoms with E-state index in [2.05, 4.69) is 48.4 Å². The van der Waals surface area contributed by atoms with Crippen LogP contribution in [0.3, 0.4) is 0 Å². The van der Waals surface area contributed by atoms with Crippen LogP contribution in [-0.4, -0.2) is 33.1 Å². The molecule has 0 radical (unpaired) electrons. The fraction of sp³-hybridized carbons (Fsp3) is 0.786. The second-order valence-corrected chi connectivity index (χ2v) is 5.28. The molecule has 0 aromatic carbocycles. The van der Waals surface area contributed by atoms with Crippen LogP contribution in [-0.2, 0) is 19.5 Å². The number of nitrogens with zero attached hydrogens (tertiary/aromatic N) is 3. The molecule has 1 aromatic heterocycles. The lowest BCUT2D eigenvalue weighted by atomic mass is 10.2. The van der Waals surface area contributed by atoms with Crippen molar-refractivity contribution in [3.05, 3.63) is 17.5 Å². The monoisotopic (exact) mass is 271 g/mol. The third-order valence-electron chi connectivity index (χ3n) is 3.25. The van der Waals surface area contributed by atoms with E-state index in [-0.39, 0.29) is 0 Å². The summed E-state index contributed by atoms with van der Waals surface area (Å²) in [5.74, 6) is 0.733. The fourth-order valence-corrected chi connectivity index (χ4v) is 2.20. The summed E-state index contributed by atoms with van der Waals surface area (Å²) < 4.78 is 2.12. The van der Waals surface area contributed by atoms with Crippen LogP contribution < -0.4 is 0 Å². The Balaban J connectivity index is 2.75. The first-order valence-electron chi connectivity index (χ1n) is 6.97. The van der Waals surface area contributed by atoms with Gasteiger partial charge in [0.1, 0.15) is 0 Å². The van der Waals surface area contributed by atoms with E-state index in [1.165, 1.54) is 11.4 Å². The Morgan fingerprint density at radius 2 is 2.11 bits per heavy atom. The summed E-state index contributed by atoms with van der Waals surface area (Å²) >= 11 is 5.79. The average Bonchev–Trinajstić information content (AvgIpc) is 2.76. The van der Waals surface area contributed by atoms with Gasteiger partial charge in [0.15, 0.2) is 0 Å². The molecule has 0 fully saturated rings. The Labute approximate surface area is 116 Å². The first-order chi connectivity index (χ1) is 8.62. The second-order valence-electron chi connectivity index (χ2n) is 4.90. The van der Waals surface area contributed by atoms with Crippen molar-refractivity contribution in [1.82, 2.24) is 14.7 Å². The normalized spacial score (nSPS) is 11.7. The van der Waals surface area contributed by atoms with Gasteiger partial charge in [0.25, 0.3) is 0 Å². The van der Waals surface area contributed by atoms with Gasteiger partial charge in [0.2, 0.25) is 0 Å². The Hall–Kier alpha value is -0.540. The molecule has 1 aromatic rings. The minimum Gasteiger partial charge on any atom is -0.295 e. The number of aryl methyl sites for hydroxylation is 2. The summed E-state index contributed by atoms with van der Waals surface area (Å²) in [6.45, 7) is 11.7. The van der Waals surface area contributed by atoms with Crippen LogP contribution in [0.25, 0.3) is 0 Å². The highest BCUT2D eigenvalue weighted by molar-refractivity contribution is 6.17. The molecule has 0 aliphatic carbocycles. The van der Waals surface area contributed by atoms with E-state index >= 15 is 0 Å². The van der Waals surface area contributed by atoms with Gasteiger partial charge in [-0.2, -0.15) is 5.10 Å². The lowest BCUT2D eigenvalue weighted by Crippen LogP contribution is -2.32. The Kier molecular flexibility index (Phi) is 6.72. The van der Waals surface area contributed by atoms with E-state index in [1.807, 2.05) is 0 Å². The number of aromatic nitrogens is 2. The minimum atomic E-state index is 0.540. The maximum atomic E-state index is 5.79. The Morgan fingerprint density at radius 3 is 2.61 bits per heavy atom. The van der Waals surface area contributed by atoms with Crippen molar-refractivity contribution >= 4 is 11.6 Å². The summed E-state index contributed by atoms with van der Waals surface area (Å²) in [4.78, 5) is 2.46. The molecule has 0 saturated heterocycles. The molecule has 0 saturated carbocycles. The zero-order chi connectivity index (χ0) is 13.5. The lowest BCUT2D eigenvalue weighted by Gasteiger charge is -2.26.